The number of ether oxygens (including phenoxy) is 2. The molecule has 8 nitrogen and oxygen atoms in total. The smallest absolute Gasteiger partial charge is 0.407 e. The van der Waals surface area contributed by atoms with Crippen LogP contribution in [0.4, 0.5) is 4.79 Å². The van der Waals surface area contributed by atoms with Crippen LogP contribution in [0, 0.1) is 5.41 Å². The SMILES string of the molecule is CCC(CC)(CNC(=O)OCC1c2ccccc2-c2ccccc21)C(=O)NCC(OC)C(=O)O. The van der Waals surface area contributed by atoms with Gasteiger partial charge in [-0.25, -0.2) is 9.59 Å². The predicted octanol–water partition coefficient (Wildman–Crippen LogP) is 3.55. The molecule has 0 aliphatic heterocycles. The van der Waals surface area contributed by atoms with Crippen LogP contribution in [0.15, 0.2) is 48.5 Å². The highest BCUT2D eigenvalue weighted by molar-refractivity contribution is 5.84. The molecule has 3 rings (SSSR count). The summed E-state index contributed by atoms with van der Waals surface area (Å²) in [6.45, 7) is 3.82. The van der Waals surface area contributed by atoms with E-state index in [9.17, 15) is 14.4 Å². The number of methoxy groups -OCH3 is 1. The Morgan fingerprint density at radius 3 is 2.03 bits per heavy atom. The molecule has 0 saturated carbocycles. The summed E-state index contributed by atoms with van der Waals surface area (Å²) in [6, 6.07) is 16.2. The first-order valence-corrected chi connectivity index (χ1v) is 11.5. The fourth-order valence-corrected chi connectivity index (χ4v) is 4.44. The van der Waals surface area contributed by atoms with Gasteiger partial charge in [-0.2, -0.15) is 0 Å². The lowest BCUT2D eigenvalue weighted by atomic mass is 9.81. The predicted molar refractivity (Wildman–Crippen MR) is 128 cm³/mol. The molecule has 182 valence electrons. The Balaban J connectivity index is 1.60. The summed E-state index contributed by atoms with van der Waals surface area (Å²) in [7, 11) is 1.27. The number of rotatable bonds is 11. The van der Waals surface area contributed by atoms with Crippen molar-refractivity contribution in [2.45, 2.75) is 38.7 Å². The second kappa shape index (κ2) is 11.2. The first-order chi connectivity index (χ1) is 16.4. The minimum atomic E-state index is -1.15. The fraction of sp³-hybridized carbons (Fsp3) is 0.423. The van der Waals surface area contributed by atoms with E-state index in [1.54, 1.807) is 0 Å². The number of carboxylic acid groups (broad SMARTS) is 1. The zero-order valence-electron chi connectivity index (χ0n) is 19.8. The molecule has 0 heterocycles. The molecular weight excluding hydrogens is 436 g/mol. The molecule has 34 heavy (non-hydrogen) atoms. The van der Waals surface area contributed by atoms with Crippen LogP contribution >= 0.6 is 0 Å². The number of carbonyl (C=O) groups excluding carboxylic acids is 2. The van der Waals surface area contributed by atoms with Gasteiger partial charge in [0.15, 0.2) is 6.10 Å². The summed E-state index contributed by atoms with van der Waals surface area (Å²) in [5, 5.41) is 14.5. The van der Waals surface area contributed by atoms with E-state index in [4.69, 9.17) is 14.6 Å². The van der Waals surface area contributed by atoms with Crippen molar-refractivity contribution >= 4 is 18.0 Å². The average molecular weight is 469 g/mol. The van der Waals surface area contributed by atoms with Gasteiger partial charge in [-0.1, -0.05) is 62.4 Å². The molecule has 1 aliphatic rings. The first-order valence-electron chi connectivity index (χ1n) is 11.5. The van der Waals surface area contributed by atoms with E-state index in [-0.39, 0.29) is 31.5 Å². The molecule has 0 radical (unpaired) electrons. The van der Waals surface area contributed by atoms with E-state index < -0.39 is 23.6 Å². The molecule has 0 fully saturated rings. The van der Waals surface area contributed by atoms with Crippen molar-refractivity contribution in [2.75, 3.05) is 26.8 Å². The highest BCUT2D eigenvalue weighted by Gasteiger charge is 2.36. The number of alkyl carbamates (subject to hydrolysis) is 1. The molecule has 0 saturated heterocycles. The number of aliphatic carboxylic acids is 1. The Labute approximate surface area is 199 Å². The molecule has 8 heteroatoms. The van der Waals surface area contributed by atoms with Crippen molar-refractivity contribution in [3.05, 3.63) is 59.7 Å². The van der Waals surface area contributed by atoms with Gasteiger partial charge >= 0.3 is 12.1 Å². The van der Waals surface area contributed by atoms with Gasteiger partial charge in [0.1, 0.15) is 6.61 Å². The lowest BCUT2D eigenvalue weighted by molar-refractivity contribution is -0.148. The van der Waals surface area contributed by atoms with Crippen molar-refractivity contribution in [3.8, 4) is 11.1 Å². The Morgan fingerprint density at radius 2 is 1.53 bits per heavy atom. The van der Waals surface area contributed by atoms with Gasteiger partial charge in [0.25, 0.3) is 0 Å². The van der Waals surface area contributed by atoms with Gasteiger partial charge < -0.3 is 25.2 Å². The topological polar surface area (TPSA) is 114 Å². The zero-order chi connectivity index (χ0) is 24.7. The molecule has 0 bridgehead atoms. The number of fused-ring (bicyclic) bond motifs is 3. The summed E-state index contributed by atoms with van der Waals surface area (Å²) in [4.78, 5) is 36.6. The molecule has 2 aromatic carbocycles. The Kier molecular flexibility index (Phi) is 8.28. The number of hydrogen-bond donors (Lipinski definition) is 3. The number of carboxylic acids is 1. The average Bonchev–Trinajstić information content (AvgIpc) is 3.17. The van der Waals surface area contributed by atoms with Crippen molar-refractivity contribution in [3.63, 3.8) is 0 Å². The minimum absolute atomic E-state index is 0.0504. The summed E-state index contributed by atoms with van der Waals surface area (Å²) >= 11 is 0. The second-order valence-corrected chi connectivity index (χ2v) is 8.44. The normalized spacial score (nSPS) is 13.5. The number of carbonyl (C=O) groups is 3. The lowest BCUT2D eigenvalue weighted by Crippen LogP contribution is -2.50. The summed E-state index contributed by atoms with van der Waals surface area (Å²) in [5.74, 6) is -1.54. The van der Waals surface area contributed by atoms with Crippen molar-refractivity contribution in [1.29, 1.82) is 0 Å². The molecule has 2 aromatic rings. The van der Waals surface area contributed by atoms with Gasteiger partial charge in [0.2, 0.25) is 5.91 Å². The standard InChI is InChI=1S/C26H32N2O6/c1-4-26(5-2,24(31)27-14-22(33-3)23(29)30)16-28-25(32)34-15-21-19-12-8-6-10-17(19)18-11-7-9-13-20(18)21/h6-13,21-22H,4-5,14-16H2,1-3H3,(H,27,31)(H,28,32)(H,29,30). The lowest BCUT2D eigenvalue weighted by Gasteiger charge is -2.30. The maximum atomic E-state index is 12.9. The zero-order valence-corrected chi connectivity index (χ0v) is 19.8. The molecule has 3 N–H and O–H groups in total. The van der Waals surface area contributed by atoms with Gasteiger partial charge in [-0.05, 0) is 35.1 Å². The Bertz CT molecular complexity index is 988. The highest BCUT2D eigenvalue weighted by Crippen LogP contribution is 2.44. The van der Waals surface area contributed by atoms with Gasteiger partial charge in [0.05, 0.1) is 12.0 Å². The van der Waals surface area contributed by atoms with Gasteiger partial charge in [-0.3, -0.25) is 4.79 Å². The first kappa shape index (κ1) is 25.2. The van der Waals surface area contributed by atoms with Crippen LogP contribution in [-0.4, -0.2) is 56.0 Å². The van der Waals surface area contributed by atoms with Crippen molar-refractivity contribution in [2.24, 2.45) is 5.41 Å². The molecule has 0 aromatic heterocycles. The van der Waals surface area contributed by atoms with E-state index >= 15 is 0 Å². The van der Waals surface area contributed by atoms with Crippen LogP contribution in [-0.2, 0) is 19.1 Å². The summed E-state index contributed by atoms with van der Waals surface area (Å²) < 4.78 is 10.4. The summed E-state index contributed by atoms with van der Waals surface area (Å²) in [6.07, 6.45) is -0.806. The third-order valence-electron chi connectivity index (χ3n) is 6.76. The quantitative estimate of drug-likeness (QED) is 0.465. The molecule has 1 aliphatic carbocycles. The van der Waals surface area contributed by atoms with E-state index in [2.05, 4.69) is 34.9 Å². The molecular formula is C26H32N2O6. The van der Waals surface area contributed by atoms with Crippen LogP contribution in [0.5, 0.6) is 0 Å². The number of hydrogen-bond acceptors (Lipinski definition) is 5. The van der Waals surface area contributed by atoms with E-state index in [1.165, 1.54) is 7.11 Å². The van der Waals surface area contributed by atoms with Crippen molar-refractivity contribution < 1.29 is 29.0 Å². The van der Waals surface area contributed by atoms with Crippen LogP contribution in [0.1, 0.15) is 43.7 Å². The Hall–Kier alpha value is -3.39. The summed E-state index contributed by atoms with van der Waals surface area (Å²) in [5.41, 5.74) is 3.66. The molecule has 0 spiro atoms. The molecule has 1 unspecified atom stereocenters. The van der Waals surface area contributed by atoms with Crippen molar-refractivity contribution in [1.82, 2.24) is 10.6 Å². The molecule has 1 atom stereocenters. The Morgan fingerprint density at radius 1 is 0.971 bits per heavy atom. The number of amides is 2. The van der Waals surface area contributed by atoms with E-state index in [0.29, 0.717) is 12.8 Å². The van der Waals surface area contributed by atoms with Crippen LogP contribution in [0.25, 0.3) is 11.1 Å². The largest absolute Gasteiger partial charge is 0.479 e. The second-order valence-electron chi connectivity index (χ2n) is 8.44. The van der Waals surface area contributed by atoms with Gasteiger partial charge in [0, 0.05) is 19.6 Å². The fourth-order valence-electron chi connectivity index (χ4n) is 4.44. The monoisotopic (exact) mass is 468 g/mol. The maximum Gasteiger partial charge on any atom is 0.407 e. The maximum absolute atomic E-state index is 12.9. The van der Waals surface area contributed by atoms with Crippen LogP contribution < -0.4 is 10.6 Å². The van der Waals surface area contributed by atoms with Gasteiger partial charge in [-0.15, -0.1) is 0 Å². The highest BCUT2D eigenvalue weighted by atomic mass is 16.5. The number of nitrogens with one attached hydrogen (secondary N) is 2. The van der Waals surface area contributed by atoms with E-state index in [0.717, 1.165) is 22.3 Å². The van der Waals surface area contributed by atoms with E-state index in [1.807, 2.05) is 38.1 Å². The molecule has 2 amide bonds. The van der Waals surface area contributed by atoms with Crippen LogP contribution in [0.3, 0.4) is 0 Å². The third kappa shape index (κ3) is 5.22. The van der Waals surface area contributed by atoms with Crippen LogP contribution in [0.2, 0.25) is 0 Å². The third-order valence-corrected chi connectivity index (χ3v) is 6.76. The minimum Gasteiger partial charge on any atom is -0.479 e. The number of benzene rings is 2.